The first-order valence-electron chi connectivity index (χ1n) is 8.36. The fourth-order valence-corrected chi connectivity index (χ4v) is 3.18. The van der Waals surface area contributed by atoms with E-state index in [-0.39, 0.29) is 5.91 Å². The number of fused-ring (bicyclic) bond motifs is 1. The number of ether oxygens (including phenoxy) is 2. The SMILES string of the molecule is N#C[C@@H](Cc1ccc2c(c1)COCC2)NC(=O)C1(N)CCOCC1. The van der Waals surface area contributed by atoms with Crippen LogP contribution < -0.4 is 11.1 Å². The number of carbonyl (C=O) groups excluding carboxylic acids is 1. The minimum Gasteiger partial charge on any atom is -0.381 e. The number of nitriles is 1. The average molecular weight is 329 g/mol. The molecule has 0 saturated carbocycles. The lowest BCUT2D eigenvalue weighted by atomic mass is 9.89. The molecule has 2 aliphatic rings. The third-order valence-corrected chi connectivity index (χ3v) is 4.78. The maximum Gasteiger partial charge on any atom is 0.241 e. The summed E-state index contributed by atoms with van der Waals surface area (Å²) in [4.78, 5) is 12.4. The van der Waals surface area contributed by atoms with Crippen molar-refractivity contribution in [3.8, 4) is 6.07 Å². The Hall–Kier alpha value is -1.94. The first-order chi connectivity index (χ1) is 11.6. The predicted octanol–water partition coefficient (Wildman–Crippen LogP) is 0.818. The number of nitrogens with two attached hydrogens (primary N) is 1. The number of nitrogens with one attached hydrogen (secondary N) is 1. The summed E-state index contributed by atoms with van der Waals surface area (Å²) >= 11 is 0. The molecule has 2 heterocycles. The zero-order valence-corrected chi connectivity index (χ0v) is 13.7. The molecule has 1 fully saturated rings. The van der Waals surface area contributed by atoms with E-state index in [9.17, 15) is 10.1 Å². The van der Waals surface area contributed by atoms with E-state index in [1.54, 1.807) is 0 Å². The van der Waals surface area contributed by atoms with Crippen molar-refractivity contribution in [2.45, 2.75) is 43.9 Å². The number of hydrogen-bond donors (Lipinski definition) is 2. The van der Waals surface area contributed by atoms with Crippen LogP contribution in [0.15, 0.2) is 18.2 Å². The highest BCUT2D eigenvalue weighted by Crippen LogP contribution is 2.20. The summed E-state index contributed by atoms with van der Waals surface area (Å²) in [5.74, 6) is -0.265. The lowest BCUT2D eigenvalue weighted by Crippen LogP contribution is -2.58. The van der Waals surface area contributed by atoms with Crippen molar-refractivity contribution in [2.75, 3.05) is 19.8 Å². The lowest BCUT2D eigenvalue weighted by Gasteiger charge is -2.32. The summed E-state index contributed by atoms with van der Waals surface area (Å²) in [5.41, 5.74) is 8.72. The van der Waals surface area contributed by atoms with Crippen LogP contribution in [0.1, 0.15) is 29.5 Å². The maximum absolute atomic E-state index is 12.4. The molecule has 3 N–H and O–H groups in total. The normalized spacial score (nSPS) is 20.5. The number of benzene rings is 1. The van der Waals surface area contributed by atoms with E-state index in [0.717, 1.165) is 18.6 Å². The van der Waals surface area contributed by atoms with Crippen molar-refractivity contribution in [1.82, 2.24) is 5.32 Å². The summed E-state index contributed by atoms with van der Waals surface area (Å²) in [5, 5.41) is 12.2. The molecule has 1 aromatic carbocycles. The molecule has 0 radical (unpaired) electrons. The van der Waals surface area contributed by atoms with E-state index < -0.39 is 11.6 Å². The van der Waals surface area contributed by atoms with Crippen molar-refractivity contribution in [3.05, 3.63) is 34.9 Å². The molecule has 6 heteroatoms. The van der Waals surface area contributed by atoms with E-state index >= 15 is 0 Å². The molecular formula is C18H23N3O3. The van der Waals surface area contributed by atoms with E-state index in [4.69, 9.17) is 15.2 Å². The van der Waals surface area contributed by atoms with Crippen molar-refractivity contribution < 1.29 is 14.3 Å². The average Bonchev–Trinajstić information content (AvgIpc) is 2.61. The second-order valence-electron chi connectivity index (χ2n) is 6.53. The van der Waals surface area contributed by atoms with Crippen LogP contribution in [-0.4, -0.2) is 37.3 Å². The van der Waals surface area contributed by atoms with Gasteiger partial charge in [-0.15, -0.1) is 0 Å². The van der Waals surface area contributed by atoms with Crippen molar-refractivity contribution in [2.24, 2.45) is 5.73 Å². The number of rotatable bonds is 4. The Bertz CT molecular complexity index is 647. The van der Waals surface area contributed by atoms with Gasteiger partial charge in [-0.2, -0.15) is 5.26 Å². The van der Waals surface area contributed by atoms with Gasteiger partial charge in [-0.1, -0.05) is 18.2 Å². The minimum absolute atomic E-state index is 0.265. The molecule has 128 valence electrons. The quantitative estimate of drug-likeness (QED) is 0.852. The van der Waals surface area contributed by atoms with Gasteiger partial charge in [-0.05, 0) is 36.0 Å². The van der Waals surface area contributed by atoms with Crippen LogP contribution in [0, 0.1) is 11.3 Å². The van der Waals surface area contributed by atoms with Gasteiger partial charge >= 0.3 is 0 Å². The number of amides is 1. The van der Waals surface area contributed by atoms with Gasteiger partial charge in [-0.3, -0.25) is 4.79 Å². The van der Waals surface area contributed by atoms with Gasteiger partial charge in [0, 0.05) is 19.6 Å². The van der Waals surface area contributed by atoms with E-state index in [1.807, 2.05) is 6.07 Å². The first-order valence-corrected chi connectivity index (χ1v) is 8.36. The Morgan fingerprint density at radius 3 is 2.83 bits per heavy atom. The second-order valence-corrected chi connectivity index (χ2v) is 6.53. The van der Waals surface area contributed by atoms with Gasteiger partial charge in [0.1, 0.15) is 6.04 Å². The molecule has 1 aromatic rings. The summed E-state index contributed by atoms with van der Waals surface area (Å²) < 4.78 is 10.7. The van der Waals surface area contributed by atoms with Crippen LogP contribution >= 0.6 is 0 Å². The zero-order valence-electron chi connectivity index (χ0n) is 13.7. The number of nitrogens with zero attached hydrogens (tertiary/aromatic N) is 1. The molecule has 1 saturated heterocycles. The zero-order chi connectivity index (χ0) is 17.0. The molecule has 0 spiro atoms. The highest BCUT2D eigenvalue weighted by molar-refractivity contribution is 5.86. The standard InChI is InChI=1S/C18H23N3O3/c19-11-16(21-17(22)18(20)4-7-23-8-5-18)10-13-1-2-14-3-6-24-12-15(14)9-13/h1-2,9,16H,3-8,10,12,20H2,(H,21,22)/t16-/m1/s1. The third kappa shape index (κ3) is 3.75. The molecule has 0 unspecified atom stereocenters. The largest absolute Gasteiger partial charge is 0.381 e. The Morgan fingerprint density at radius 1 is 1.29 bits per heavy atom. The van der Waals surface area contributed by atoms with Gasteiger partial charge in [0.05, 0.1) is 24.8 Å². The van der Waals surface area contributed by atoms with Crippen molar-refractivity contribution >= 4 is 5.91 Å². The topological polar surface area (TPSA) is 97.4 Å². The summed E-state index contributed by atoms with van der Waals surface area (Å²) in [7, 11) is 0. The highest BCUT2D eigenvalue weighted by Gasteiger charge is 2.36. The van der Waals surface area contributed by atoms with E-state index in [1.165, 1.54) is 11.1 Å². The molecule has 1 atom stereocenters. The number of hydrogen-bond acceptors (Lipinski definition) is 5. The molecule has 0 bridgehead atoms. The van der Waals surface area contributed by atoms with Crippen LogP contribution in [0.2, 0.25) is 0 Å². The molecule has 2 aliphatic heterocycles. The van der Waals surface area contributed by atoms with Gasteiger partial charge in [0.15, 0.2) is 0 Å². The molecule has 0 aromatic heterocycles. The second kappa shape index (κ2) is 7.31. The predicted molar refractivity (Wildman–Crippen MR) is 88.0 cm³/mol. The van der Waals surface area contributed by atoms with Crippen LogP contribution in [0.25, 0.3) is 0 Å². The summed E-state index contributed by atoms with van der Waals surface area (Å²) in [6.45, 7) is 2.32. The minimum atomic E-state index is -0.933. The lowest BCUT2D eigenvalue weighted by molar-refractivity contribution is -0.130. The third-order valence-electron chi connectivity index (χ3n) is 4.78. The fourth-order valence-electron chi connectivity index (χ4n) is 3.18. The summed E-state index contributed by atoms with van der Waals surface area (Å²) in [6, 6.07) is 7.75. The molecule has 6 nitrogen and oxygen atoms in total. The molecule has 0 aliphatic carbocycles. The van der Waals surface area contributed by atoms with Gasteiger partial charge in [0.2, 0.25) is 5.91 Å². The maximum atomic E-state index is 12.4. The van der Waals surface area contributed by atoms with Crippen molar-refractivity contribution in [3.63, 3.8) is 0 Å². The summed E-state index contributed by atoms with van der Waals surface area (Å²) in [6.07, 6.45) is 2.34. The first kappa shape index (κ1) is 16.9. The Labute approximate surface area is 141 Å². The Kier molecular flexibility index (Phi) is 5.14. The molecule has 1 amide bonds. The van der Waals surface area contributed by atoms with Crippen molar-refractivity contribution in [1.29, 1.82) is 5.26 Å². The molecule has 24 heavy (non-hydrogen) atoms. The Morgan fingerprint density at radius 2 is 2.08 bits per heavy atom. The van der Waals surface area contributed by atoms with E-state index in [0.29, 0.717) is 39.1 Å². The van der Waals surface area contributed by atoms with Crippen LogP contribution in [0.3, 0.4) is 0 Å². The van der Waals surface area contributed by atoms with Crippen LogP contribution in [0.5, 0.6) is 0 Å². The molecule has 3 rings (SSSR count). The Balaban J connectivity index is 1.64. The molecular weight excluding hydrogens is 306 g/mol. The van der Waals surface area contributed by atoms with Gasteiger partial charge < -0.3 is 20.5 Å². The van der Waals surface area contributed by atoms with E-state index in [2.05, 4.69) is 23.5 Å². The highest BCUT2D eigenvalue weighted by atomic mass is 16.5. The number of carbonyl (C=O) groups is 1. The van der Waals surface area contributed by atoms with Crippen LogP contribution in [0.4, 0.5) is 0 Å². The van der Waals surface area contributed by atoms with Gasteiger partial charge in [-0.25, -0.2) is 0 Å². The fraction of sp³-hybridized carbons (Fsp3) is 0.556. The monoisotopic (exact) mass is 329 g/mol. The van der Waals surface area contributed by atoms with Gasteiger partial charge in [0.25, 0.3) is 0 Å². The van der Waals surface area contributed by atoms with Crippen LogP contribution in [-0.2, 0) is 33.7 Å². The smallest absolute Gasteiger partial charge is 0.241 e.